The van der Waals surface area contributed by atoms with E-state index in [-0.39, 0.29) is 0 Å². The van der Waals surface area contributed by atoms with Crippen molar-refractivity contribution in [3.8, 4) is 11.5 Å². The number of nitrogens with zero attached hydrogens (tertiary/aromatic N) is 2. The predicted molar refractivity (Wildman–Crippen MR) is 85.6 cm³/mol. The third-order valence-corrected chi connectivity index (χ3v) is 3.87. The first-order valence-corrected chi connectivity index (χ1v) is 7.69. The van der Waals surface area contributed by atoms with Crippen molar-refractivity contribution in [2.75, 3.05) is 6.79 Å². The Morgan fingerprint density at radius 3 is 2.70 bits per heavy atom. The highest BCUT2D eigenvalue weighted by Crippen LogP contribution is 2.32. The van der Waals surface area contributed by atoms with Gasteiger partial charge in [-0.05, 0) is 29.7 Å². The molecule has 5 heteroatoms. The van der Waals surface area contributed by atoms with E-state index < -0.39 is 0 Å². The summed E-state index contributed by atoms with van der Waals surface area (Å²) in [5.41, 5.74) is 2.43. The maximum Gasteiger partial charge on any atom is 0.231 e. The van der Waals surface area contributed by atoms with Gasteiger partial charge in [-0.15, -0.1) is 0 Å². The highest BCUT2D eigenvalue weighted by Gasteiger charge is 2.13. The van der Waals surface area contributed by atoms with Crippen LogP contribution in [0.2, 0.25) is 0 Å². The normalized spacial score (nSPS) is 12.5. The van der Waals surface area contributed by atoms with Crippen LogP contribution in [0, 0.1) is 0 Å². The van der Waals surface area contributed by atoms with Crippen LogP contribution in [0.5, 0.6) is 11.5 Å². The lowest BCUT2D eigenvalue weighted by molar-refractivity contribution is 0.174. The number of aromatic nitrogens is 3. The Morgan fingerprint density at radius 2 is 1.78 bits per heavy atom. The van der Waals surface area contributed by atoms with Crippen LogP contribution in [-0.4, -0.2) is 22.0 Å². The predicted octanol–water partition coefficient (Wildman–Crippen LogP) is 2.91. The van der Waals surface area contributed by atoms with Gasteiger partial charge in [-0.2, -0.15) is 5.10 Å². The van der Waals surface area contributed by atoms with Crippen LogP contribution >= 0.6 is 0 Å². The molecule has 0 unspecified atom stereocenters. The first-order chi connectivity index (χ1) is 11.4. The maximum absolute atomic E-state index is 5.40. The van der Waals surface area contributed by atoms with Gasteiger partial charge in [0.25, 0.3) is 0 Å². The lowest BCUT2D eigenvalue weighted by atomic mass is 10.1. The fourth-order valence-electron chi connectivity index (χ4n) is 2.67. The third kappa shape index (κ3) is 3.18. The molecule has 4 rings (SSSR count). The highest BCUT2D eigenvalue weighted by atomic mass is 16.7. The fraction of sp³-hybridized carbons (Fsp3) is 0.222. The largest absolute Gasteiger partial charge is 0.454 e. The summed E-state index contributed by atoms with van der Waals surface area (Å²) in [7, 11) is 0. The first-order valence-electron chi connectivity index (χ1n) is 7.69. The van der Waals surface area contributed by atoms with Crippen molar-refractivity contribution in [3.63, 3.8) is 0 Å². The summed E-state index contributed by atoms with van der Waals surface area (Å²) in [6, 6.07) is 16.3. The van der Waals surface area contributed by atoms with Crippen molar-refractivity contribution in [2.24, 2.45) is 0 Å². The van der Waals surface area contributed by atoms with E-state index >= 15 is 0 Å². The number of hydrogen-bond acceptors (Lipinski definition) is 4. The molecule has 0 spiro atoms. The lowest BCUT2D eigenvalue weighted by Gasteiger charge is -2.01. The van der Waals surface area contributed by atoms with E-state index in [0.717, 1.165) is 42.4 Å². The fourth-order valence-corrected chi connectivity index (χ4v) is 2.67. The Kier molecular flexibility index (Phi) is 3.68. The van der Waals surface area contributed by atoms with E-state index in [1.807, 2.05) is 30.3 Å². The molecular weight excluding hydrogens is 290 g/mol. The summed E-state index contributed by atoms with van der Waals surface area (Å²) in [5.74, 6) is 3.38. The summed E-state index contributed by atoms with van der Waals surface area (Å²) in [6.07, 6.45) is 2.45. The quantitative estimate of drug-likeness (QED) is 0.787. The van der Waals surface area contributed by atoms with Crippen molar-refractivity contribution in [1.82, 2.24) is 15.2 Å². The second-order valence-electron chi connectivity index (χ2n) is 5.55. The number of nitrogens with one attached hydrogen (secondary N) is 1. The van der Waals surface area contributed by atoms with Gasteiger partial charge < -0.3 is 9.47 Å². The number of fused-ring (bicyclic) bond motifs is 1. The van der Waals surface area contributed by atoms with Gasteiger partial charge in [-0.3, -0.25) is 5.10 Å². The van der Waals surface area contributed by atoms with E-state index in [1.165, 1.54) is 11.1 Å². The first kappa shape index (κ1) is 13.8. The molecule has 0 atom stereocenters. The monoisotopic (exact) mass is 307 g/mol. The zero-order chi connectivity index (χ0) is 15.5. The van der Waals surface area contributed by atoms with E-state index in [2.05, 4.69) is 33.4 Å². The van der Waals surface area contributed by atoms with Crippen LogP contribution < -0.4 is 9.47 Å². The standard InChI is InChI=1S/C18H17N3O2/c1-2-4-13(5-3-1)11-18-19-17(20-21-18)9-7-14-6-8-15-16(10-14)23-12-22-15/h1-6,8,10H,7,9,11-12H2,(H,19,20,21). The van der Waals surface area contributed by atoms with Crippen LogP contribution in [0.25, 0.3) is 0 Å². The Labute approximate surface area is 134 Å². The minimum absolute atomic E-state index is 0.308. The number of ether oxygens (including phenoxy) is 2. The summed E-state index contributed by atoms with van der Waals surface area (Å²) in [4.78, 5) is 4.57. The summed E-state index contributed by atoms with van der Waals surface area (Å²) < 4.78 is 10.7. The molecule has 5 nitrogen and oxygen atoms in total. The lowest BCUT2D eigenvalue weighted by Crippen LogP contribution is -1.95. The Balaban J connectivity index is 1.38. The maximum atomic E-state index is 5.40. The molecule has 23 heavy (non-hydrogen) atoms. The molecule has 0 radical (unpaired) electrons. The molecular formula is C18H17N3O2. The summed E-state index contributed by atoms with van der Waals surface area (Å²) in [6.45, 7) is 0.308. The van der Waals surface area contributed by atoms with Gasteiger partial charge in [0, 0.05) is 12.8 Å². The molecule has 1 N–H and O–H groups in total. The Hall–Kier alpha value is -2.82. The number of aryl methyl sites for hydroxylation is 2. The zero-order valence-corrected chi connectivity index (χ0v) is 12.7. The smallest absolute Gasteiger partial charge is 0.231 e. The molecule has 2 aromatic carbocycles. The van der Waals surface area contributed by atoms with Gasteiger partial charge in [0.05, 0.1) is 0 Å². The van der Waals surface area contributed by atoms with E-state index in [1.54, 1.807) is 0 Å². The molecule has 1 aromatic heterocycles. The van der Waals surface area contributed by atoms with Gasteiger partial charge in [-0.1, -0.05) is 36.4 Å². The third-order valence-electron chi connectivity index (χ3n) is 3.87. The Bertz CT molecular complexity index is 799. The summed E-state index contributed by atoms with van der Waals surface area (Å²) >= 11 is 0. The minimum atomic E-state index is 0.308. The molecule has 0 saturated heterocycles. The SMILES string of the molecule is c1ccc(Cc2nc(CCc3ccc4c(c3)OCO4)n[nH]2)cc1. The van der Waals surface area contributed by atoms with Gasteiger partial charge in [0.1, 0.15) is 5.82 Å². The molecule has 116 valence electrons. The van der Waals surface area contributed by atoms with Crippen LogP contribution in [0.3, 0.4) is 0 Å². The number of H-pyrrole nitrogens is 1. The van der Waals surface area contributed by atoms with Gasteiger partial charge in [0.2, 0.25) is 6.79 Å². The van der Waals surface area contributed by atoms with Crippen LogP contribution in [0.1, 0.15) is 22.8 Å². The summed E-state index contributed by atoms with van der Waals surface area (Å²) in [5, 5.41) is 7.33. The molecule has 0 bridgehead atoms. The number of aromatic amines is 1. The second-order valence-corrected chi connectivity index (χ2v) is 5.55. The average Bonchev–Trinajstić information content (AvgIpc) is 3.22. The second kappa shape index (κ2) is 6.12. The van der Waals surface area contributed by atoms with Crippen molar-refractivity contribution >= 4 is 0 Å². The molecule has 0 amide bonds. The van der Waals surface area contributed by atoms with Gasteiger partial charge in [-0.25, -0.2) is 4.98 Å². The van der Waals surface area contributed by atoms with Crippen LogP contribution in [-0.2, 0) is 19.3 Å². The van der Waals surface area contributed by atoms with Crippen molar-refractivity contribution in [1.29, 1.82) is 0 Å². The zero-order valence-electron chi connectivity index (χ0n) is 12.7. The molecule has 2 heterocycles. The van der Waals surface area contributed by atoms with Crippen LogP contribution in [0.4, 0.5) is 0 Å². The number of benzene rings is 2. The molecule has 0 saturated carbocycles. The van der Waals surface area contributed by atoms with E-state index in [0.29, 0.717) is 6.79 Å². The van der Waals surface area contributed by atoms with Crippen LogP contribution in [0.15, 0.2) is 48.5 Å². The van der Waals surface area contributed by atoms with Crippen molar-refractivity contribution < 1.29 is 9.47 Å². The minimum Gasteiger partial charge on any atom is -0.454 e. The van der Waals surface area contributed by atoms with Crippen molar-refractivity contribution in [2.45, 2.75) is 19.3 Å². The number of rotatable bonds is 5. The molecule has 3 aromatic rings. The van der Waals surface area contributed by atoms with Gasteiger partial charge >= 0.3 is 0 Å². The molecule has 1 aliphatic heterocycles. The average molecular weight is 307 g/mol. The van der Waals surface area contributed by atoms with Gasteiger partial charge in [0.15, 0.2) is 17.3 Å². The molecule has 0 aliphatic carbocycles. The van der Waals surface area contributed by atoms with E-state index in [4.69, 9.17) is 9.47 Å². The Morgan fingerprint density at radius 1 is 0.913 bits per heavy atom. The molecule has 0 fully saturated rings. The van der Waals surface area contributed by atoms with E-state index in [9.17, 15) is 0 Å². The molecule has 1 aliphatic rings. The topological polar surface area (TPSA) is 60.0 Å². The van der Waals surface area contributed by atoms with Crippen molar-refractivity contribution in [3.05, 3.63) is 71.3 Å². The number of hydrogen-bond donors (Lipinski definition) is 1. The highest BCUT2D eigenvalue weighted by molar-refractivity contribution is 5.44.